The Morgan fingerprint density at radius 2 is 2.17 bits per heavy atom. The van der Waals surface area contributed by atoms with Gasteiger partial charge < -0.3 is 5.11 Å². The van der Waals surface area contributed by atoms with E-state index in [1.54, 1.807) is 0 Å². The van der Waals surface area contributed by atoms with Crippen molar-refractivity contribution in [3.05, 3.63) is 11.6 Å². The summed E-state index contributed by atoms with van der Waals surface area (Å²) in [5.41, 5.74) is 1.47. The van der Waals surface area contributed by atoms with Crippen molar-refractivity contribution in [2.45, 2.75) is 59.0 Å². The lowest BCUT2D eigenvalue weighted by molar-refractivity contribution is 0.186. The average Bonchev–Trinajstić information content (AvgIpc) is 2.00. The van der Waals surface area contributed by atoms with Crippen LogP contribution in [0.3, 0.4) is 0 Å². The number of aliphatic hydroxyl groups is 1. The zero-order valence-corrected chi connectivity index (χ0v) is 8.64. The van der Waals surface area contributed by atoms with Gasteiger partial charge in [-0.15, -0.1) is 0 Å². The largest absolute Gasteiger partial charge is 0.393 e. The van der Waals surface area contributed by atoms with Crippen molar-refractivity contribution in [2.75, 3.05) is 0 Å². The summed E-state index contributed by atoms with van der Waals surface area (Å²) < 4.78 is 0. The highest BCUT2D eigenvalue weighted by atomic mass is 16.3. The van der Waals surface area contributed by atoms with Crippen LogP contribution in [0.2, 0.25) is 0 Å². The third-order valence-electron chi connectivity index (χ3n) is 2.00. The van der Waals surface area contributed by atoms with Gasteiger partial charge in [0.05, 0.1) is 6.10 Å². The first kappa shape index (κ1) is 11.7. The van der Waals surface area contributed by atoms with Gasteiger partial charge in [0.1, 0.15) is 0 Å². The minimum absolute atomic E-state index is 0.153. The third kappa shape index (κ3) is 7.80. The average molecular weight is 170 g/mol. The maximum absolute atomic E-state index is 9.01. The van der Waals surface area contributed by atoms with Crippen molar-refractivity contribution >= 4 is 0 Å². The smallest absolute Gasteiger partial charge is 0.0515 e. The van der Waals surface area contributed by atoms with Crippen LogP contribution in [0.5, 0.6) is 0 Å². The summed E-state index contributed by atoms with van der Waals surface area (Å²) >= 11 is 0. The minimum atomic E-state index is -0.153. The second-order valence-electron chi connectivity index (χ2n) is 3.58. The van der Waals surface area contributed by atoms with Crippen LogP contribution in [0.1, 0.15) is 52.9 Å². The van der Waals surface area contributed by atoms with Crippen molar-refractivity contribution < 1.29 is 5.11 Å². The number of rotatable bonds is 6. The van der Waals surface area contributed by atoms with Crippen LogP contribution in [0, 0.1) is 0 Å². The number of aliphatic hydroxyl groups excluding tert-OH is 1. The first-order valence-corrected chi connectivity index (χ1v) is 5.00. The molecule has 0 saturated carbocycles. The highest BCUT2D eigenvalue weighted by Crippen LogP contribution is 2.08. The lowest BCUT2D eigenvalue weighted by atomic mass is 10.1. The van der Waals surface area contributed by atoms with E-state index in [9.17, 15) is 0 Å². The molecular formula is C11H22O. The second kappa shape index (κ2) is 7.35. The topological polar surface area (TPSA) is 20.2 Å². The fraction of sp³-hybridized carbons (Fsp3) is 0.818. The zero-order chi connectivity index (χ0) is 9.40. The molecule has 0 aliphatic heterocycles. The molecule has 0 saturated heterocycles. The molecule has 0 aliphatic carbocycles. The van der Waals surface area contributed by atoms with Crippen LogP contribution in [-0.2, 0) is 0 Å². The molecule has 0 bridgehead atoms. The minimum Gasteiger partial charge on any atom is -0.393 e. The van der Waals surface area contributed by atoms with Crippen molar-refractivity contribution in [1.29, 1.82) is 0 Å². The molecular weight excluding hydrogens is 148 g/mol. The quantitative estimate of drug-likeness (QED) is 0.606. The van der Waals surface area contributed by atoms with Crippen LogP contribution in [0.4, 0.5) is 0 Å². The van der Waals surface area contributed by atoms with Gasteiger partial charge in [-0.2, -0.15) is 0 Å². The van der Waals surface area contributed by atoms with E-state index in [-0.39, 0.29) is 6.10 Å². The highest BCUT2D eigenvalue weighted by molar-refractivity contribution is 4.97. The Labute approximate surface area is 76.5 Å². The zero-order valence-electron chi connectivity index (χ0n) is 8.64. The van der Waals surface area contributed by atoms with E-state index >= 15 is 0 Å². The summed E-state index contributed by atoms with van der Waals surface area (Å²) in [5, 5.41) is 9.01. The Kier molecular flexibility index (Phi) is 7.17. The lowest BCUT2D eigenvalue weighted by Gasteiger charge is -2.01. The van der Waals surface area contributed by atoms with E-state index in [1.165, 1.54) is 24.8 Å². The molecule has 0 radical (unpaired) electrons. The molecule has 1 unspecified atom stereocenters. The van der Waals surface area contributed by atoms with Gasteiger partial charge in [-0.1, -0.05) is 25.0 Å². The number of allylic oxidation sites excluding steroid dienone is 2. The Bertz CT molecular complexity index is 125. The summed E-state index contributed by atoms with van der Waals surface area (Å²) in [4.78, 5) is 0. The van der Waals surface area contributed by atoms with Crippen molar-refractivity contribution in [1.82, 2.24) is 0 Å². The molecule has 0 aromatic rings. The first-order chi connectivity index (χ1) is 5.66. The van der Waals surface area contributed by atoms with Crippen LogP contribution < -0.4 is 0 Å². The molecule has 1 heteroatoms. The van der Waals surface area contributed by atoms with Crippen molar-refractivity contribution in [3.63, 3.8) is 0 Å². The number of hydrogen-bond acceptors (Lipinski definition) is 1. The summed E-state index contributed by atoms with van der Waals surface area (Å²) in [7, 11) is 0. The molecule has 0 spiro atoms. The van der Waals surface area contributed by atoms with Gasteiger partial charge in [0.2, 0.25) is 0 Å². The monoisotopic (exact) mass is 170 g/mol. The molecule has 12 heavy (non-hydrogen) atoms. The standard InChI is InChI=1S/C11H22O/c1-4-5-7-10(2)8-6-9-11(3)12/h8,11-12H,4-7,9H2,1-3H3/b10-8+. The summed E-state index contributed by atoms with van der Waals surface area (Å²) in [6.45, 7) is 6.23. The first-order valence-electron chi connectivity index (χ1n) is 5.00. The van der Waals surface area contributed by atoms with Crippen LogP contribution in [-0.4, -0.2) is 11.2 Å². The predicted octanol–water partition coefficient (Wildman–Crippen LogP) is 3.28. The SMILES string of the molecule is CCCC/C(C)=C/CCC(C)O. The van der Waals surface area contributed by atoms with Gasteiger partial charge in [0.25, 0.3) is 0 Å². The second-order valence-corrected chi connectivity index (χ2v) is 3.58. The summed E-state index contributed by atoms with van der Waals surface area (Å²) in [5.74, 6) is 0. The number of unbranched alkanes of at least 4 members (excludes halogenated alkanes) is 1. The summed E-state index contributed by atoms with van der Waals surface area (Å²) in [6.07, 6.45) is 7.79. The molecule has 0 amide bonds. The highest BCUT2D eigenvalue weighted by Gasteiger charge is 1.93. The van der Waals surface area contributed by atoms with Crippen LogP contribution in [0.25, 0.3) is 0 Å². The van der Waals surface area contributed by atoms with E-state index < -0.39 is 0 Å². The molecule has 1 N–H and O–H groups in total. The predicted molar refractivity (Wildman–Crippen MR) is 54.2 cm³/mol. The Morgan fingerprint density at radius 1 is 1.50 bits per heavy atom. The van der Waals surface area contributed by atoms with Crippen LogP contribution in [0.15, 0.2) is 11.6 Å². The molecule has 0 aromatic carbocycles. The molecule has 1 atom stereocenters. The van der Waals surface area contributed by atoms with Crippen molar-refractivity contribution in [3.8, 4) is 0 Å². The molecule has 1 nitrogen and oxygen atoms in total. The van der Waals surface area contributed by atoms with E-state index in [2.05, 4.69) is 19.9 Å². The van der Waals surface area contributed by atoms with E-state index in [1.807, 2.05) is 6.92 Å². The Balaban J connectivity index is 3.41. The van der Waals surface area contributed by atoms with Gasteiger partial charge in [0, 0.05) is 0 Å². The van der Waals surface area contributed by atoms with E-state index in [4.69, 9.17) is 5.11 Å². The van der Waals surface area contributed by atoms with Crippen molar-refractivity contribution in [2.24, 2.45) is 0 Å². The normalized spacial score (nSPS) is 14.8. The summed E-state index contributed by atoms with van der Waals surface area (Å²) in [6, 6.07) is 0. The van der Waals surface area contributed by atoms with Gasteiger partial charge in [-0.25, -0.2) is 0 Å². The molecule has 0 aliphatic rings. The van der Waals surface area contributed by atoms with Gasteiger partial charge in [0.15, 0.2) is 0 Å². The molecule has 0 rings (SSSR count). The molecule has 0 heterocycles. The maximum Gasteiger partial charge on any atom is 0.0515 e. The lowest BCUT2D eigenvalue weighted by Crippen LogP contribution is -1.97. The van der Waals surface area contributed by atoms with Gasteiger partial charge >= 0.3 is 0 Å². The Morgan fingerprint density at radius 3 is 2.67 bits per heavy atom. The third-order valence-corrected chi connectivity index (χ3v) is 2.00. The number of hydrogen-bond donors (Lipinski definition) is 1. The molecule has 0 fully saturated rings. The Hall–Kier alpha value is -0.300. The van der Waals surface area contributed by atoms with Gasteiger partial charge in [-0.05, 0) is 39.5 Å². The van der Waals surface area contributed by atoms with E-state index in [0.29, 0.717) is 0 Å². The van der Waals surface area contributed by atoms with E-state index in [0.717, 1.165) is 12.8 Å². The molecule has 72 valence electrons. The fourth-order valence-corrected chi connectivity index (χ4v) is 1.13. The fourth-order valence-electron chi connectivity index (χ4n) is 1.13. The van der Waals surface area contributed by atoms with Crippen LogP contribution >= 0.6 is 0 Å². The molecule has 0 aromatic heterocycles. The maximum atomic E-state index is 9.01. The van der Waals surface area contributed by atoms with Gasteiger partial charge in [-0.3, -0.25) is 0 Å².